The Bertz CT molecular complexity index is 188. The van der Waals surface area contributed by atoms with Crippen molar-refractivity contribution < 1.29 is 9.47 Å². The highest BCUT2D eigenvalue weighted by molar-refractivity contribution is 5.00. The second-order valence-electron chi connectivity index (χ2n) is 4.77. The molecule has 0 N–H and O–H groups in total. The molecule has 3 aliphatic heterocycles. The van der Waals surface area contributed by atoms with Gasteiger partial charge in [-0.1, -0.05) is 0 Å². The number of hydrogen-bond donors (Lipinski definition) is 0. The summed E-state index contributed by atoms with van der Waals surface area (Å²) in [7, 11) is 0. The van der Waals surface area contributed by atoms with E-state index in [1.54, 1.807) is 0 Å². The lowest BCUT2D eigenvalue weighted by Crippen LogP contribution is -2.38. The van der Waals surface area contributed by atoms with Crippen LogP contribution in [0.1, 0.15) is 38.5 Å². The van der Waals surface area contributed by atoms with Crippen molar-refractivity contribution >= 4 is 0 Å². The smallest absolute Gasteiger partial charge is 0.0717 e. The Morgan fingerprint density at radius 1 is 0.923 bits per heavy atom. The topological polar surface area (TPSA) is 18.5 Å². The van der Waals surface area contributed by atoms with Gasteiger partial charge in [-0.15, -0.1) is 0 Å². The summed E-state index contributed by atoms with van der Waals surface area (Å²) < 4.78 is 11.6. The highest BCUT2D eigenvalue weighted by Gasteiger charge is 2.50. The number of ether oxygens (including phenoxy) is 2. The molecule has 0 unspecified atom stereocenters. The van der Waals surface area contributed by atoms with E-state index < -0.39 is 0 Å². The second kappa shape index (κ2) is 2.96. The van der Waals surface area contributed by atoms with Gasteiger partial charge in [-0.05, 0) is 44.4 Å². The molecule has 74 valence electrons. The fraction of sp³-hybridized carbons (Fsp3) is 1.00. The van der Waals surface area contributed by atoms with Crippen LogP contribution in [-0.4, -0.2) is 24.9 Å². The molecule has 0 amide bonds. The first-order valence-electron chi connectivity index (χ1n) is 5.65. The Hall–Kier alpha value is -0.0800. The molecule has 2 heteroatoms. The van der Waals surface area contributed by atoms with Crippen molar-refractivity contribution in [2.75, 3.05) is 13.2 Å². The summed E-state index contributed by atoms with van der Waals surface area (Å²) in [5, 5.41) is 0. The van der Waals surface area contributed by atoms with Gasteiger partial charge in [0, 0.05) is 13.2 Å². The fourth-order valence-corrected chi connectivity index (χ4v) is 3.38. The van der Waals surface area contributed by atoms with Gasteiger partial charge in [-0.3, -0.25) is 0 Å². The zero-order chi connectivity index (χ0) is 8.73. The Labute approximate surface area is 79.6 Å². The minimum atomic E-state index is 0.300. The molecule has 3 aliphatic rings. The van der Waals surface area contributed by atoms with E-state index in [1.807, 2.05) is 0 Å². The van der Waals surface area contributed by atoms with Crippen LogP contribution in [-0.2, 0) is 9.47 Å². The lowest BCUT2D eigenvalue weighted by atomic mass is 9.75. The third-order valence-electron chi connectivity index (χ3n) is 4.15. The van der Waals surface area contributed by atoms with Crippen LogP contribution in [0.4, 0.5) is 0 Å². The minimum Gasteiger partial charge on any atom is -0.381 e. The third kappa shape index (κ3) is 1.23. The molecule has 0 aliphatic carbocycles. The molecular formula is C11H18O2. The van der Waals surface area contributed by atoms with Crippen LogP contribution in [0.5, 0.6) is 0 Å². The van der Waals surface area contributed by atoms with Gasteiger partial charge in [0.1, 0.15) is 0 Å². The molecule has 0 radical (unpaired) electrons. The van der Waals surface area contributed by atoms with E-state index in [2.05, 4.69) is 0 Å². The van der Waals surface area contributed by atoms with Crippen LogP contribution in [0, 0.1) is 5.92 Å². The number of rotatable bonds is 1. The average Bonchev–Trinajstić information content (AvgIpc) is 2.80. The van der Waals surface area contributed by atoms with Gasteiger partial charge in [-0.2, -0.15) is 0 Å². The summed E-state index contributed by atoms with van der Waals surface area (Å²) in [6, 6.07) is 0. The van der Waals surface area contributed by atoms with Crippen LogP contribution < -0.4 is 0 Å². The van der Waals surface area contributed by atoms with Crippen molar-refractivity contribution in [1.82, 2.24) is 0 Å². The molecule has 3 saturated heterocycles. The van der Waals surface area contributed by atoms with Crippen molar-refractivity contribution in [3.63, 3.8) is 0 Å². The highest BCUT2D eigenvalue weighted by Crippen LogP contribution is 2.50. The summed E-state index contributed by atoms with van der Waals surface area (Å²) >= 11 is 0. The quantitative estimate of drug-likeness (QED) is 0.618. The lowest BCUT2D eigenvalue weighted by Gasteiger charge is -2.36. The summed E-state index contributed by atoms with van der Waals surface area (Å²) in [6.07, 6.45) is 8.35. The van der Waals surface area contributed by atoms with Gasteiger partial charge in [0.05, 0.1) is 11.7 Å². The van der Waals surface area contributed by atoms with Crippen LogP contribution in [0.2, 0.25) is 0 Å². The Kier molecular flexibility index (Phi) is 1.88. The highest BCUT2D eigenvalue weighted by atomic mass is 16.5. The summed E-state index contributed by atoms with van der Waals surface area (Å²) in [6.45, 7) is 1.92. The molecular weight excluding hydrogens is 164 g/mol. The average molecular weight is 182 g/mol. The maximum absolute atomic E-state index is 6.14. The Morgan fingerprint density at radius 2 is 1.62 bits per heavy atom. The minimum absolute atomic E-state index is 0.300. The van der Waals surface area contributed by atoms with Gasteiger partial charge >= 0.3 is 0 Å². The predicted octanol–water partition coefficient (Wildman–Crippen LogP) is 2.12. The molecule has 0 atom stereocenters. The molecule has 3 heterocycles. The second-order valence-corrected chi connectivity index (χ2v) is 4.77. The van der Waals surface area contributed by atoms with E-state index in [0.717, 1.165) is 19.1 Å². The number of hydrogen-bond acceptors (Lipinski definition) is 2. The van der Waals surface area contributed by atoms with Crippen LogP contribution in [0.3, 0.4) is 0 Å². The molecule has 0 aromatic heterocycles. The first kappa shape index (κ1) is 8.25. The molecule has 0 spiro atoms. The van der Waals surface area contributed by atoms with Crippen LogP contribution in [0.25, 0.3) is 0 Å². The number of fused-ring (bicyclic) bond motifs is 2. The molecule has 3 rings (SSSR count). The summed E-state index contributed by atoms with van der Waals surface area (Å²) in [5.74, 6) is 0.800. The summed E-state index contributed by atoms with van der Waals surface area (Å²) in [5.41, 5.74) is 0.300. The zero-order valence-corrected chi connectivity index (χ0v) is 8.13. The van der Waals surface area contributed by atoms with E-state index in [1.165, 1.54) is 38.5 Å². The molecule has 2 bridgehead atoms. The van der Waals surface area contributed by atoms with E-state index in [9.17, 15) is 0 Å². The van der Waals surface area contributed by atoms with E-state index >= 15 is 0 Å². The van der Waals surface area contributed by atoms with Gasteiger partial charge in [-0.25, -0.2) is 0 Å². The molecule has 2 nitrogen and oxygen atoms in total. The van der Waals surface area contributed by atoms with Crippen molar-refractivity contribution in [2.45, 2.75) is 50.2 Å². The van der Waals surface area contributed by atoms with Crippen molar-refractivity contribution in [3.05, 3.63) is 0 Å². The van der Waals surface area contributed by atoms with Gasteiger partial charge in [0.15, 0.2) is 0 Å². The van der Waals surface area contributed by atoms with Gasteiger partial charge < -0.3 is 9.47 Å². The van der Waals surface area contributed by atoms with Crippen molar-refractivity contribution in [1.29, 1.82) is 0 Å². The first-order valence-corrected chi connectivity index (χ1v) is 5.65. The van der Waals surface area contributed by atoms with E-state index in [-0.39, 0.29) is 0 Å². The van der Waals surface area contributed by atoms with Crippen LogP contribution in [0.15, 0.2) is 0 Å². The fourth-order valence-electron chi connectivity index (χ4n) is 3.38. The maximum Gasteiger partial charge on any atom is 0.0717 e. The van der Waals surface area contributed by atoms with Crippen molar-refractivity contribution in [2.24, 2.45) is 5.92 Å². The largest absolute Gasteiger partial charge is 0.381 e. The zero-order valence-electron chi connectivity index (χ0n) is 8.13. The van der Waals surface area contributed by atoms with Crippen molar-refractivity contribution in [3.8, 4) is 0 Å². The normalized spacial score (nSPS) is 45.7. The summed E-state index contributed by atoms with van der Waals surface area (Å²) in [4.78, 5) is 0. The van der Waals surface area contributed by atoms with E-state index in [0.29, 0.717) is 11.7 Å². The monoisotopic (exact) mass is 182 g/mol. The maximum atomic E-state index is 6.14. The van der Waals surface area contributed by atoms with E-state index in [4.69, 9.17) is 9.47 Å². The Morgan fingerprint density at radius 3 is 2.15 bits per heavy atom. The molecule has 0 aromatic carbocycles. The molecule has 0 saturated carbocycles. The standard InChI is InChI=1S/C11H18O2/c1-5-11(6-2-10(1)13-11)9-3-7-12-8-4-9/h9-10H,1-8H2. The molecule has 0 aromatic rings. The third-order valence-corrected chi connectivity index (χ3v) is 4.15. The first-order chi connectivity index (χ1) is 6.39. The van der Waals surface area contributed by atoms with Gasteiger partial charge in [0.25, 0.3) is 0 Å². The molecule has 13 heavy (non-hydrogen) atoms. The predicted molar refractivity (Wildman–Crippen MR) is 49.6 cm³/mol. The lowest BCUT2D eigenvalue weighted by molar-refractivity contribution is -0.0703. The van der Waals surface area contributed by atoms with Crippen LogP contribution >= 0.6 is 0 Å². The molecule has 3 fully saturated rings. The van der Waals surface area contributed by atoms with Gasteiger partial charge in [0.2, 0.25) is 0 Å². The Balaban J connectivity index is 1.75. The SMILES string of the molecule is C1CC(C23CCC(CC2)O3)CCO1.